The van der Waals surface area contributed by atoms with Crippen molar-refractivity contribution in [2.24, 2.45) is 5.73 Å². The first kappa shape index (κ1) is 15.9. The van der Waals surface area contributed by atoms with Gasteiger partial charge in [0.25, 0.3) is 5.91 Å². The molecule has 0 radical (unpaired) electrons. The minimum atomic E-state index is -0.277. The Balaban J connectivity index is 1.46. The second-order valence-electron chi connectivity index (χ2n) is 6.02. The molecule has 1 aromatic heterocycles. The highest BCUT2D eigenvalue weighted by Crippen LogP contribution is 2.21. The lowest BCUT2D eigenvalue weighted by Crippen LogP contribution is -2.51. The average Bonchev–Trinajstić information content (AvgIpc) is 3.16. The van der Waals surface area contributed by atoms with E-state index in [0.717, 1.165) is 56.3 Å². The number of hydrogen-bond donors (Lipinski definition) is 1. The smallest absolute Gasteiger partial charge is 0.251 e. The molecule has 1 amide bonds. The van der Waals surface area contributed by atoms with E-state index in [9.17, 15) is 4.79 Å². The number of thiazole rings is 1. The molecule has 0 spiro atoms. The SMILES string of the molecule is Cc1nc(CN2CCN(C(=O)[C@@H]3CC[C@H](CN)O3)CC2)cs1. The largest absolute Gasteiger partial charge is 0.364 e. The van der Waals surface area contributed by atoms with E-state index in [1.54, 1.807) is 11.3 Å². The molecule has 0 aromatic carbocycles. The molecule has 122 valence electrons. The summed E-state index contributed by atoms with van der Waals surface area (Å²) in [4.78, 5) is 21.3. The molecule has 1 aromatic rings. The number of carbonyl (C=O) groups is 1. The van der Waals surface area contributed by atoms with Crippen molar-refractivity contribution in [3.8, 4) is 0 Å². The van der Waals surface area contributed by atoms with Crippen molar-refractivity contribution in [1.29, 1.82) is 0 Å². The molecule has 2 atom stereocenters. The van der Waals surface area contributed by atoms with E-state index in [1.165, 1.54) is 0 Å². The Morgan fingerprint density at radius 3 is 2.77 bits per heavy atom. The van der Waals surface area contributed by atoms with Crippen molar-refractivity contribution < 1.29 is 9.53 Å². The van der Waals surface area contributed by atoms with Gasteiger partial charge < -0.3 is 15.4 Å². The highest BCUT2D eigenvalue weighted by atomic mass is 32.1. The first-order chi connectivity index (χ1) is 10.7. The topological polar surface area (TPSA) is 71.7 Å². The fourth-order valence-electron chi connectivity index (χ4n) is 3.10. The summed E-state index contributed by atoms with van der Waals surface area (Å²) in [5.41, 5.74) is 6.74. The van der Waals surface area contributed by atoms with Crippen molar-refractivity contribution >= 4 is 17.2 Å². The van der Waals surface area contributed by atoms with Gasteiger partial charge in [0.2, 0.25) is 0 Å². The zero-order valence-corrected chi connectivity index (χ0v) is 13.8. The Bertz CT molecular complexity index is 513. The minimum absolute atomic E-state index is 0.0585. The summed E-state index contributed by atoms with van der Waals surface area (Å²) in [6.07, 6.45) is 1.49. The predicted octanol–water partition coefficient (Wildman–Crippen LogP) is 0.602. The van der Waals surface area contributed by atoms with Crippen molar-refractivity contribution in [2.75, 3.05) is 32.7 Å². The van der Waals surface area contributed by atoms with E-state index in [-0.39, 0.29) is 18.1 Å². The lowest BCUT2D eigenvalue weighted by atomic mass is 10.1. The van der Waals surface area contributed by atoms with Crippen LogP contribution in [0.15, 0.2) is 5.38 Å². The number of amides is 1. The maximum Gasteiger partial charge on any atom is 0.251 e. The third kappa shape index (κ3) is 3.65. The minimum Gasteiger partial charge on any atom is -0.364 e. The molecule has 3 heterocycles. The summed E-state index contributed by atoms with van der Waals surface area (Å²) in [6, 6.07) is 0. The van der Waals surface area contributed by atoms with Gasteiger partial charge in [-0.25, -0.2) is 4.98 Å². The van der Waals surface area contributed by atoms with Gasteiger partial charge in [0.15, 0.2) is 0 Å². The summed E-state index contributed by atoms with van der Waals surface area (Å²) in [5, 5.41) is 3.23. The molecule has 7 heteroatoms. The molecule has 2 saturated heterocycles. The molecule has 2 fully saturated rings. The van der Waals surface area contributed by atoms with Crippen LogP contribution < -0.4 is 5.73 Å². The van der Waals surface area contributed by atoms with Crippen LogP contribution in [0, 0.1) is 6.92 Å². The van der Waals surface area contributed by atoms with Crippen molar-refractivity contribution in [3.63, 3.8) is 0 Å². The number of nitrogens with two attached hydrogens (primary N) is 1. The maximum atomic E-state index is 12.5. The van der Waals surface area contributed by atoms with Crippen molar-refractivity contribution in [2.45, 2.75) is 38.5 Å². The molecule has 0 bridgehead atoms. The van der Waals surface area contributed by atoms with Crippen LogP contribution in [0.2, 0.25) is 0 Å². The highest BCUT2D eigenvalue weighted by molar-refractivity contribution is 7.09. The molecule has 22 heavy (non-hydrogen) atoms. The molecule has 2 aliphatic heterocycles. The Kier molecular flexibility index (Phi) is 5.07. The number of hydrogen-bond acceptors (Lipinski definition) is 6. The Morgan fingerprint density at radius 2 is 2.18 bits per heavy atom. The standard InChI is InChI=1S/C15H24N4O2S/c1-11-17-12(10-22-11)9-18-4-6-19(7-5-18)15(20)14-3-2-13(8-16)21-14/h10,13-14H,2-9,16H2,1H3/t13-,14+/m1/s1. The monoisotopic (exact) mass is 324 g/mol. The maximum absolute atomic E-state index is 12.5. The van der Waals surface area contributed by atoms with E-state index < -0.39 is 0 Å². The summed E-state index contributed by atoms with van der Waals surface area (Å²) in [5.74, 6) is 0.139. The normalized spacial score (nSPS) is 26.5. The van der Waals surface area contributed by atoms with Gasteiger partial charge in [0, 0.05) is 44.6 Å². The van der Waals surface area contributed by atoms with Crippen LogP contribution in [0.4, 0.5) is 0 Å². The average molecular weight is 324 g/mol. The van der Waals surface area contributed by atoms with Crippen LogP contribution >= 0.6 is 11.3 Å². The van der Waals surface area contributed by atoms with Crippen LogP contribution in [-0.4, -0.2) is 65.6 Å². The van der Waals surface area contributed by atoms with Crippen molar-refractivity contribution in [1.82, 2.24) is 14.8 Å². The predicted molar refractivity (Wildman–Crippen MR) is 85.7 cm³/mol. The van der Waals surface area contributed by atoms with Crippen LogP contribution in [0.1, 0.15) is 23.5 Å². The highest BCUT2D eigenvalue weighted by Gasteiger charge is 2.34. The van der Waals surface area contributed by atoms with Crippen LogP contribution in [0.25, 0.3) is 0 Å². The van der Waals surface area contributed by atoms with Crippen LogP contribution in [0.3, 0.4) is 0 Å². The van der Waals surface area contributed by atoms with Crippen LogP contribution in [-0.2, 0) is 16.1 Å². The number of rotatable bonds is 4. The van der Waals surface area contributed by atoms with Crippen molar-refractivity contribution in [3.05, 3.63) is 16.1 Å². The molecule has 3 rings (SSSR count). The van der Waals surface area contributed by atoms with Gasteiger partial charge in [-0.3, -0.25) is 9.69 Å². The van der Waals surface area contributed by atoms with Gasteiger partial charge in [-0.15, -0.1) is 11.3 Å². The fraction of sp³-hybridized carbons (Fsp3) is 0.733. The van der Waals surface area contributed by atoms with Gasteiger partial charge in [0.05, 0.1) is 16.8 Å². The summed E-state index contributed by atoms with van der Waals surface area (Å²) < 4.78 is 5.71. The quantitative estimate of drug-likeness (QED) is 0.878. The number of aryl methyl sites for hydroxylation is 1. The van der Waals surface area contributed by atoms with E-state index in [2.05, 4.69) is 15.3 Å². The van der Waals surface area contributed by atoms with E-state index in [1.807, 2.05) is 11.8 Å². The summed E-state index contributed by atoms with van der Waals surface area (Å²) >= 11 is 1.69. The third-order valence-corrected chi connectivity index (χ3v) is 5.20. The lowest BCUT2D eigenvalue weighted by Gasteiger charge is -2.35. The number of carbonyl (C=O) groups excluding carboxylic acids is 1. The van der Waals surface area contributed by atoms with Gasteiger partial charge in [-0.1, -0.05) is 0 Å². The first-order valence-electron chi connectivity index (χ1n) is 7.93. The molecular formula is C15H24N4O2S. The van der Waals surface area contributed by atoms with E-state index in [0.29, 0.717) is 6.54 Å². The van der Waals surface area contributed by atoms with E-state index in [4.69, 9.17) is 10.5 Å². The third-order valence-electron chi connectivity index (χ3n) is 4.38. The second-order valence-corrected chi connectivity index (χ2v) is 7.08. The molecule has 2 N–H and O–H groups in total. The zero-order valence-electron chi connectivity index (χ0n) is 13.0. The summed E-state index contributed by atoms with van der Waals surface area (Å²) in [7, 11) is 0. The molecule has 6 nitrogen and oxygen atoms in total. The first-order valence-corrected chi connectivity index (χ1v) is 8.81. The van der Waals surface area contributed by atoms with Crippen LogP contribution in [0.5, 0.6) is 0 Å². The van der Waals surface area contributed by atoms with Gasteiger partial charge in [-0.2, -0.15) is 0 Å². The Morgan fingerprint density at radius 1 is 1.41 bits per heavy atom. The fourth-order valence-corrected chi connectivity index (χ4v) is 3.70. The molecule has 2 aliphatic rings. The zero-order chi connectivity index (χ0) is 15.5. The molecule has 0 unspecified atom stereocenters. The van der Waals surface area contributed by atoms with Gasteiger partial charge in [-0.05, 0) is 19.8 Å². The van der Waals surface area contributed by atoms with Gasteiger partial charge >= 0.3 is 0 Å². The Labute approximate surface area is 135 Å². The number of ether oxygens (including phenoxy) is 1. The van der Waals surface area contributed by atoms with E-state index >= 15 is 0 Å². The molecule has 0 aliphatic carbocycles. The molecular weight excluding hydrogens is 300 g/mol. The van der Waals surface area contributed by atoms with Gasteiger partial charge in [0.1, 0.15) is 6.10 Å². The second kappa shape index (κ2) is 7.04. The number of piperazine rings is 1. The Hall–Kier alpha value is -1.02. The molecule has 0 saturated carbocycles. The number of nitrogens with zero attached hydrogens (tertiary/aromatic N) is 3. The lowest BCUT2D eigenvalue weighted by molar-refractivity contribution is -0.144. The summed E-state index contributed by atoms with van der Waals surface area (Å²) in [6.45, 7) is 6.75. The number of aromatic nitrogens is 1.